The maximum Gasteiger partial charge on any atom is 0.269 e. The van der Waals surface area contributed by atoms with Gasteiger partial charge in [-0.2, -0.15) is 4.31 Å². The van der Waals surface area contributed by atoms with Crippen LogP contribution in [0.1, 0.15) is 18.9 Å². The van der Waals surface area contributed by atoms with Crippen molar-refractivity contribution in [1.29, 1.82) is 0 Å². The summed E-state index contributed by atoms with van der Waals surface area (Å²) in [5.41, 5.74) is 5.90. The standard InChI is InChI=1S/C13H19N3O4S/c1-9-5-12(16(17)18)3-4-13(9)21(19,20)15-8-11(7-14)6-10(15)2/h3-5,10-11H,6-8,14H2,1-2H3. The Labute approximate surface area is 123 Å². The Morgan fingerprint density at radius 1 is 1.48 bits per heavy atom. The molecule has 1 saturated heterocycles. The minimum absolute atomic E-state index is 0.110. The number of nitro benzene ring substituents is 1. The number of sulfonamides is 1. The number of nitrogens with zero attached hydrogens (tertiary/aromatic N) is 2. The average Bonchev–Trinajstić information content (AvgIpc) is 2.80. The summed E-state index contributed by atoms with van der Waals surface area (Å²) in [5.74, 6) is 0.160. The van der Waals surface area contributed by atoms with E-state index in [1.54, 1.807) is 6.92 Å². The SMILES string of the molecule is Cc1cc([N+](=O)[O-])ccc1S(=O)(=O)N1CC(CN)CC1C. The lowest BCUT2D eigenvalue weighted by Gasteiger charge is -2.22. The lowest BCUT2D eigenvalue weighted by atomic mass is 10.1. The summed E-state index contributed by atoms with van der Waals surface area (Å²) in [5, 5.41) is 10.7. The van der Waals surface area contributed by atoms with Crippen LogP contribution in [0.15, 0.2) is 23.1 Å². The van der Waals surface area contributed by atoms with Gasteiger partial charge in [-0.3, -0.25) is 10.1 Å². The van der Waals surface area contributed by atoms with Crippen LogP contribution in [0, 0.1) is 23.0 Å². The Balaban J connectivity index is 2.38. The summed E-state index contributed by atoms with van der Waals surface area (Å²) in [7, 11) is -3.65. The van der Waals surface area contributed by atoms with Gasteiger partial charge >= 0.3 is 0 Å². The zero-order valence-electron chi connectivity index (χ0n) is 12.0. The lowest BCUT2D eigenvalue weighted by molar-refractivity contribution is -0.385. The van der Waals surface area contributed by atoms with Gasteiger partial charge in [0.05, 0.1) is 9.82 Å². The third-order valence-corrected chi connectivity index (χ3v) is 6.03. The number of hydrogen-bond acceptors (Lipinski definition) is 5. The van der Waals surface area contributed by atoms with Gasteiger partial charge in [0.2, 0.25) is 10.0 Å². The molecule has 1 fully saturated rings. The number of aryl methyl sites for hydroxylation is 1. The smallest absolute Gasteiger partial charge is 0.269 e. The fourth-order valence-corrected chi connectivity index (χ4v) is 4.70. The molecule has 21 heavy (non-hydrogen) atoms. The highest BCUT2D eigenvalue weighted by atomic mass is 32.2. The van der Waals surface area contributed by atoms with Crippen molar-refractivity contribution in [3.05, 3.63) is 33.9 Å². The predicted octanol–water partition coefficient (Wildman–Crippen LogP) is 1.26. The molecule has 1 aliphatic heterocycles. The topological polar surface area (TPSA) is 107 Å². The van der Waals surface area contributed by atoms with Gasteiger partial charge in [0, 0.05) is 24.7 Å². The van der Waals surface area contributed by atoms with Crippen LogP contribution in [0.4, 0.5) is 5.69 Å². The van der Waals surface area contributed by atoms with E-state index in [1.165, 1.54) is 22.5 Å². The van der Waals surface area contributed by atoms with E-state index in [9.17, 15) is 18.5 Å². The Morgan fingerprint density at radius 3 is 2.62 bits per heavy atom. The molecular formula is C13H19N3O4S. The quantitative estimate of drug-likeness (QED) is 0.665. The van der Waals surface area contributed by atoms with Gasteiger partial charge in [0.1, 0.15) is 0 Å². The first-order chi connectivity index (χ1) is 9.77. The molecular weight excluding hydrogens is 294 g/mol. The fraction of sp³-hybridized carbons (Fsp3) is 0.538. The molecule has 2 N–H and O–H groups in total. The molecule has 0 bridgehead atoms. The summed E-state index contributed by atoms with van der Waals surface area (Å²) < 4.78 is 26.9. The zero-order valence-corrected chi connectivity index (χ0v) is 12.8. The van der Waals surface area contributed by atoms with Crippen LogP contribution in [0.25, 0.3) is 0 Å². The highest BCUT2D eigenvalue weighted by molar-refractivity contribution is 7.89. The predicted molar refractivity (Wildman–Crippen MR) is 78.3 cm³/mol. The molecule has 0 aliphatic carbocycles. The second-order valence-electron chi connectivity index (χ2n) is 5.47. The number of benzene rings is 1. The first-order valence-electron chi connectivity index (χ1n) is 6.74. The molecule has 0 amide bonds. The molecule has 8 heteroatoms. The van der Waals surface area contributed by atoms with Crippen molar-refractivity contribution in [3.8, 4) is 0 Å². The van der Waals surface area contributed by atoms with Gasteiger partial charge in [0.15, 0.2) is 0 Å². The van der Waals surface area contributed by atoms with E-state index in [0.717, 1.165) is 6.42 Å². The Morgan fingerprint density at radius 2 is 2.14 bits per heavy atom. The van der Waals surface area contributed by atoms with Crippen LogP contribution < -0.4 is 5.73 Å². The van der Waals surface area contributed by atoms with Gasteiger partial charge in [-0.1, -0.05) is 0 Å². The highest BCUT2D eigenvalue weighted by Gasteiger charge is 2.38. The molecule has 2 atom stereocenters. The maximum absolute atomic E-state index is 12.7. The van der Waals surface area contributed by atoms with Crippen molar-refractivity contribution in [3.63, 3.8) is 0 Å². The minimum atomic E-state index is -3.65. The molecule has 1 heterocycles. The number of hydrogen-bond donors (Lipinski definition) is 1. The molecule has 1 aromatic carbocycles. The molecule has 2 rings (SSSR count). The van der Waals surface area contributed by atoms with E-state index >= 15 is 0 Å². The second kappa shape index (κ2) is 5.70. The first-order valence-corrected chi connectivity index (χ1v) is 8.18. The van der Waals surface area contributed by atoms with E-state index < -0.39 is 14.9 Å². The molecule has 0 aromatic heterocycles. The summed E-state index contributed by atoms with van der Waals surface area (Å²) in [4.78, 5) is 10.3. The molecule has 2 unspecified atom stereocenters. The lowest BCUT2D eigenvalue weighted by Crippen LogP contribution is -2.34. The van der Waals surface area contributed by atoms with Crippen LogP contribution >= 0.6 is 0 Å². The average molecular weight is 313 g/mol. The molecule has 0 spiro atoms. The summed E-state index contributed by atoms with van der Waals surface area (Å²) in [6.07, 6.45) is 0.738. The van der Waals surface area contributed by atoms with Crippen molar-refractivity contribution in [2.24, 2.45) is 11.7 Å². The Kier molecular flexibility index (Phi) is 4.31. The summed E-state index contributed by atoms with van der Waals surface area (Å²) in [6.45, 7) is 4.28. The zero-order chi connectivity index (χ0) is 15.8. The van der Waals surface area contributed by atoms with Crippen LogP contribution in [-0.4, -0.2) is 36.8 Å². The summed E-state index contributed by atoms with van der Waals surface area (Å²) >= 11 is 0. The second-order valence-corrected chi connectivity index (χ2v) is 7.33. The van der Waals surface area contributed by atoms with Gasteiger partial charge < -0.3 is 5.73 Å². The largest absolute Gasteiger partial charge is 0.330 e. The first kappa shape index (κ1) is 15.9. The van der Waals surface area contributed by atoms with Crippen LogP contribution in [0.5, 0.6) is 0 Å². The molecule has 1 aromatic rings. The monoisotopic (exact) mass is 313 g/mol. The van der Waals surface area contributed by atoms with Gasteiger partial charge in [-0.05, 0) is 44.4 Å². The third kappa shape index (κ3) is 2.92. The third-order valence-electron chi connectivity index (χ3n) is 3.89. The van der Waals surface area contributed by atoms with Crippen molar-refractivity contribution in [2.75, 3.05) is 13.1 Å². The van der Waals surface area contributed by atoms with E-state index in [2.05, 4.69) is 0 Å². The summed E-state index contributed by atoms with van der Waals surface area (Å²) in [6, 6.07) is 3.71. The molecule has 116 valence electrons. The van der Waals surface area contributed by atoms with Gasteiger partial charge in [-0.25, -0.2) is 8.42 Å². The van der Waals surface area contributed by atoms with Gasteiger partial charge in [0.25, 0.3) is 5.69 Å². The van der Waals surface area contributed by atoms with Crippen LogP contribution in [0.2, 0.25) is 0 Å². The van der Waals surface area contributed by atoms with Crippen LogP contribution in [-0.2, 0) is 10.0 Å². The molecule has 0 radical (unpaired) electrons. The van der Waals surface area contributed by atoms with Crippen molar-refractivity contribution < 1.29 is 13.3 Å². The Bertz CT molecular complexity index is 659. The normalized spacial score (nSPS) is 23.4. The Hall–Kier alpha value is -1.51. The van der Waals surface area contributed by atoms with E-state index in [4.69, 9.17) is 5.73 Å². The number of nitrogens with two attached hydrogens (primary N) is 1. The van der Waals surface area contributed by atoms with E-state index in [1.807, 2.05) is 6.92 Å². The molecule has 7 nitrogen and oxygen atoms in total. The molecule has 0 saturated carbocycles. The van der Waals surface area contributed by atoms with E-state index in [0.29, 0.717) is 18.7 Å². The molecule has 1 aliphatic rings. The number of nitro groups is 1. The van der Waals surface area contributed by atoms with Crippen LogP contribution in [0.3, 0.4) is 0 Å². The minimum Gasteiger partial charge on any atom is -0.330 e. The van der Waals surface area contributed by atoms with Crippen molar-refractivity contribution >= 4 is 15.7 Å². The highest BCUT2D eigenvalue weighted by Crippen LogP contribution is 2.31. The maximum atomic E-state index is 12.7. The van der Waals surface area contributed by atoms with Crippen molar-refractivity contribution in [1.82, 2.24) is 4.31 Å². The number of non-ortho nitro benzene ring substituents is 1. The van der Waals surface area contributed by atoms with E-state index in [-0.39, 0.29) is 22.5 Å². The van der Waals surface area contributed by atoms with Crippen molar-refractivity contribution in [2.45, 2.75) is 31.2 Å². The number of rotatable bonds is 4. The fourth-order valence-electron chi connectivity index (χ4n) is 2.78. The van der Waals surface area contributed by atoms with Gasteiger partial charge in [-0.15, -0.1) is 0 Å².